The molecule has 7 nitrogen and oxygen atoms in total. The lowest BCUT2D eigenvalue weighted by atomic mass is 9.97. The molecule has 35 heavy (non-hydrogen) atoms. The highest BCUT2D eigenvalue weighted by Gasteiger charge is 2.35. The summed E-state index contributed by atoms with van der Waals surface area (Å²) in [6.45, 7) is 2.88. The number of benzene rings is 1. The lowest BCUT2D eigenvalue weighted by Gasteiger charge is -2.32. The van der Waals surface area contributed by atoms with Gasteiger partial charge in [-0.25, -0.2) is 14.4 Å². The molecule has 0 unspecified atom stereocenters. The second kappa shape index (κ2) is 9.61. The number of aliphatic carboxylic acids is 1. The van der Waals surface area contributed by atoms with Crippen LogP contribution in [0.15, 0.2) is 35.8 Å². The second-order valence-electron chi connectivity index (χ2n) is 8.12. The van der Waals surface area contributed by atoms with Crippen LogP contribution in [0.2, 0.25) is 0 Å². The topological polar surface area (TPSA) is 95.4 Å². The number of nitrogens with one attached hydrogen (secondary N) is 1. The number of carbonyl (C=O) groups is 2. The van der Waals surface area contributed by atoms with Crippen molar-refractivity contribution in [3.63, 3.8) is 0 Å². The summed E-state index contributed by atoms with van der Waals surface area (Å²) < 4.78 is 53.4. The van der Waals surface area contributed by atoms with Gasteiger partial charge in [0.25, 0.3) is 5.91 Å². The van der Waals surface area contributed by atoms with Gasteiger partial charge in [-0.15, -0.1) is 11.3 Å². The zero-order valence-electron chi connectivity index (χ0n) is 18.4. The van der Waals surface area contributed by atoms with Gasteiger partial charge < -0.3 is 10.0 Å². The summed E-state index contributed by atoms with van der Waals surface area (Å²) in [5, 5.41) is 13.2. The number of piperidine rings is 1. The molecule has 1 saturated heterocycles. The summed E-state index contributed by atoms with van der Waals surface area (Å²) in [5.74, 6) is -2.46. The minimum atomic E-state index is -4.84. The second-order valence-corrected chi connectivity index (χ2v) is 8.98. The normalized spacial score (nSPS) is 14.7. The number of aromatic nitrogens is 2. The highest BCUT2D eigenvalue weighted by molar-refractivity contribution is 7.14. The number of carboxylic acids is 1. The summed E-state index contributed by atoms with van der Waals surface area (Å²) in [7, 11) is 0. The Morgan fingerprint density at radius 1 is 1.23 bits per heavy atom. The zero-order valence-corrected chi connectivity index (χ0v) is 19.2. The maximum atomic E-state index is 14.4. The van der Waals surface area contributed by atoms with Gasteiger partial charge in [0.2, 0.25) is 0 Å². The molecule has 3 heterocycles. The van der Waals surface area contributed by atoms with Crippen molar-refractivity contribution in [1.29, 1.82) is 0 Å². The summed E-state index contributed by atoms with van der Waals surface area (Å²) in [6, 6.07) is 4.58. The number of thiazole rings is 1. The van der Waals surface area contributed by atoms with Crippen molar-refractivity contribution in [3.8, 4) is 11.3 Å². The van der Waals surface area contributed by atoms with E-state index in [1.807, 2.05) is 4.90 Å². The van der Waals surface area contributed by atoms with E-state index in [-0.39, 0.29) is 27.9 Å². The molecule has 2 aromatic heterocycles. The predicted octanol–water partition coefficient (Wildman–Crippen LogP) is 5.22. The van der Waals surface area contributed by atoms with Crippen molar-refractivity contribution in [2.24, 2.45) is 5.92 Å². The predicted molar refractivity (Wildman–Crippen MR) is 122 cm³/mol. The van der Waals surface area contributed by atoms with Crippen molar-refractivity contribution >= 4 is 34.2 Å². The quantitative estimate of drug-likeness (QED) is 0.459. The van der Waals surface area contributed by atoms with Gasteiger partial charge in [0.15, 0.2) is 5.13 Å². The number of rotatable bonds is 5. The van der Waals surface area contributed by atoms with E-state index in [0.717, 1.165) is 23.0 Å². The van der Waals surface area contributed by atoms with Crippen molar-refractivity contribution in [2.45, 2.75) is 25.9 Å². The van der Waals surface area contributed by atoms with Gasteiger partial charge in [-0.05, 0) is 43.5 Å². The fourth-order valence-electron chi connectivity index (χ4n) is 3.93. The van der Waals surface area contributed by atoms with E-state index in [1.165, 1.54) is 17.6 Å². The van der Waals surface area contributed by atoms with Crippen molar-refractivity contribution < 1.29 is 32.3 Å². The molecule has 1 fully saturated rings. The largest absolute Gasteiger partial charge is 0.481 e. The fraction of sp³-hybridized carbons (Fsp3) is 0.304. The molecule has 1 aliphatic rings. The van der Waals surface area contributed by atoms with Gasteiger partial charge in [-0.2, -0.15) is 13.2 Å². The van der Waals surface area contributed by atoms with Crippen LogP contribution >= 0.6 is 11.3 Å². The van der Waals surface area contributed by atoms with Gasteiger partial charge >= 0.3 is 12.1 Å². The van der Waals surface area contributed by atoms with Gasteiger partial charge in [0.05, 0.1) is 22.7 Å². The number of alkyl halides is 3. The number of anilines is 2. The first-order chi connectivity index (χ1) is 16.5. The summed E-state index contributed by atoms with van der Waals surface area (Å²) in [5.41, 5.74) is -0.748. The first-order valence-corrected chi connectivity index (χ1v) is 11.5. The molecule has 12 heteroatoms. The SMILES string of the molecule is Cc1cc(C(=O)Nc2nc(-c3cccc(C(F)(F)F)c3F)cs2)cnc1N1CCC(C(=O)O)CC1. The van der Waals surface area contributed by atoms with Gasteiger partial charge in [0, 0.05) is 30.2 Å². The molecular formula is C23H20F4N4O3S. The minimum absolute atomic E-state index is 0.0247. The number of hydrogen-bond acceptors (Lipinski definition) is 6. The number of carboxylic acid groups (broad SMARTS) is 1. The molecule has 1 aromatic carbocycles. The number of pyridine rings is 1. The number of hydrogen-bond donors (Lipinski definition) is 2. The molecule has 0 saturated carbocycles. The Bertz CT molecular complexity index is 1270. The van der Waals surface area contributed by atoms with Crippen molar-refractivity contribution in [2.75, 3.05) is 23.3 Å². The molecule has 0 aliphatic carbocycles. The molecular weight excluding hydrogens is 488 g/mol. The van der Waals surface area contributed by atoms with Gasteiger partial charge in [-0.1, -0.05) is 6.07 Å². The Labute approximate surface area is 201 Å². The Kier molecular flexibility index (Phi) is 6.75. The van der Waals surface area contributed by atoms with Gasteiger partial charge in [-0.3, -0.25) is 14.9 Å². The standard InChI is InChI=1S/C23H20F4N4O3S/c1-12-9-14(10-28-19(12)31-7-5-13(6-8-31)21(33)34)20(32)30-22-29-17(11-35-22)15-3-2-4-16(18(15)24)23(25,26)27/h2-4,9-11,13H,5-8H2,1H3,(H,33,34)(H,29,30,32). The number of nitrogens with zero attached hydrogens (tertiary/aromatic N) is 3. The van der Waals surface area contributed by atoms with Crippen LogP contribution in [0, 0.1) is 18.7 Å². The van der Waals surface area contributed by atoms with Crippen LogP contribution in [0.1, 0.15) is 34.3 Å². The van der Waals surface area contributed by atoms with E-state index in [4.69, 9.17) is 5.11 Å². The van der Waals surface area contributed by atoms with E-state index in [1.54, 1.807) is 13.0 Å². The van der Waals surface area contributed by atoms with Crippen LogP contribution in [0.5, 0.6) is 0 Å². The summed E-state index contributed by atoms with van der Waals surface area (Å²) >= 11 is 0.954. The maximum absolute atomic E-state index is 14.4. The van der Waals surface area contributed by atoms with E-state index in [2.05, 4.69) is 15.3 Å². The Balaban J connectivity index is 1.46. The molecule has 184 valence electrons. The fourth-order valence-corrected chi connectivity index (χ4v) is 4.64. The average molecular weight is 508 g/mol. The van der Waals surface area contributed by atoms with Crippen molar-refractivity contribution in [3.05, 3.63) is 58.3 Å². The maximum Gasteiger partial charge on any atom is 0.419 e. The number of aryl methyl sites for hydroxylation is 1. The minimum Gasteiger partial charge on any atom is -0.481 e. The third-order valence-electron chi connectivity index (χ3n) is 5.76. The molecule has 0 spiro atoms. The van der Waals surface area contributed by atoms with Crippen LogP contribution in [0.4, 0.5) is 28.5 Å². The van der Waals surface area contributed by atoms with E-state index < -0.39 is 29.4 Å². The molecule has 0 atom stereocenters. The highest BCUT2D eigenvalue weighted by atomic mass is 32.1. The number of halogens is 4. The Morgan fingerprint density at radius 2 is 1.94 bits per heavy atom. The van der Waals surface area contributed by atoms with Crippen LogP contribution < -0.4 is 10.2 Å². The van der Waals surface area contributed by atoms with E-state index >= 15 is 0 Å². The summed E-state index contributed by atoms with van der Waals surface area (Å²) in [6.07, 6.45) is -2.42. The first kappa shape index (κ1) is 24.6. The lowest BCUT2D eigenvalue weighted by molar-refractivity contribution is -0.142. The first-order valence-electron chi connectivity index (χ1n) is 10.6. The lowest BCUT2D eigenvalue weighted by Crippen LogP contribution is -2.37. The molecule has 1 aliphatic heterocycles. The molecule has 2 N–H and O–H groups in total. The van der Waals surface area contributed by atoms with E-state index in [9.17, 15) is 27.2 Å². The summed E-state index contributed by atoms with van der Waals surface area (Å²) in [4.78, 5) is 34.2. The van der Waals surface area contributed by atoms with Crippen molar-refractivity contribution in [1.82, 2.24) is 9.97 Å². The van der Waals surface area contributed by atoms with Crippen LogP contribution in [0.3, 0.4) is 0 Å². The van der Waals surface area contributed by atoms with E-state index in [0.29, 0.717) is 37.8 Å². The third kappa shape index (κ3) is 5.26. The Hall–Kier alpha value is -3.54. The monoisotopic (exact) mass is 508 g/mol. The van der Waals surface area contributed by atoms with Crippen LogP contribution in [-0.4, -0.2) is 40.0 Å². The molecule has 3 aromatic rings. The molecule has 0 bridgehead atoms. The highest BCUT2D eigenvalue weighted by Crippen LogP contribution is 2.36. The number of carbonyl (C=O) groups excluding carboxylic acids is 1. The third-order valence-corrected chi connectivity index (χ3v) is 6.52. The van der Waals surface area contributed by atoms with Crippen LogP contribution in [-0.2, 0) is 11.0 Å². The smallest absolute Gasteiger partial charge is 0.419 e. The van der Waals surface area contributed by atoms with Gasteiger partial charge in [0.1, 0.15) is 11.6 Å². The molecule has 0 radical (unpaired) electrons. The zero-order chi connectivity index (χ0) is 25.3. The molecule has 1 amide bonds. The number of amides is 1. The average Bonchev–Trinajstić information content (AvgIpc) is 3.26. The van der Waals surface area contributed by atoms with Crippen LogP contribution in [0.25, 0.3) is 11.3 Å². The Morgan fingerprint density at radius 3 is 2.57 bits per heavy atom. The molecule has 4 rings (SSSR count).